The summed E-state index contributed by atoms with van der Waals surface area (Å²) in [7, 11) is 0. The molecule has 106 valence electrons. The van der Waals surface area contributed by atoms with Gasteiger partial charge < -0.3 is 4.98 Å². The Morgan fingerprint density at radius 2 is 2.05 bits per heavy atom. The summed E-state index contributed by atoms with van der Waals surface area (Å²) in [4.78, 5) is 37.2. The van der Waals surface area contributed by atoms with E-state index in [1.807, 2.05) is 0 Å². The number of halogens is 1. The molecule has 2 aromatic heterocycles. The first-order valence-electron chi connectivity index (χ1n) is 5.98. The number of imidazole rings is 1. The zero-order valence-corrected chi connectivity index (χ0v) is 12.2. The molecule has 0 aliphatic heterocycles. The fourth-order valence-electron chi connectivity index (χ4n) is 1.74. The lowest BCUT2D eigenvalue weighted by molar-refractivity contribution is 0.102. The van der Waals surface area contributed by atoms with Gasteiger partial charge in [-0.2, -0.15) is 0 Å². The number of rotatable bonds is 4. The summed E-state index contributed by atoms with van der Waals surface area (Å²) in [5.74, 6) is 0.0991. The van der Waals surface area contributed by atoms with Crippen LogP contribution in [-0.2, 0) is 0 Å². The van der Waals surface area contributed by atoms with Crippen molar-refractivity contribution >= 4 is 40.3 Å². The highest BCUT2D eigenvalue weighted by Crippen LogP contribution is 2.16. The average Bonchev–Trinajstić information content (AvgIpc) is 2.94. The molecule has 0 radical (unpaired) electrons. The number of hydrogen-bond donors (Lipinski definition) is 2. The zero-order valence-electron chi connectivity index (χ0n) is 10.6. The van der Waals surface area contributed by atoms with Gasteiger partial charge in [-0.1, -0.05) is 23.4 Å². The number of carbonyl (C=O) groups is 1. The smallest absolute Gasteiger partial charge is 0.277 e. The molecule has 0 atom stereocenters. The van der Waals surface area contributed by atoms with Gasteiger partial charge in [0.1, 0.15) is 0 Å². The molecule has 0 amide bonds. The van der Waals surface area contributed by atoms with E-state index in [0.29, 0.717) is 26.9 Å². The maximum Gasteiger partial charge on any atom is 0.277 e. The SMILES string of the molecule is O=C(CSc1nc2nc[nH]c2c(=O)[nH]1)c1ccc(Cl)cc1. The van der Waals surface area contributed by atoms with Crippen LogP contribution in [0, 0.1) is 0 Å². The van der Waals surface area contributed by atoms with E-state index in [2.05, 4.69) is 19.9 Å². The van der Waals surface area contributed by atoms with Crippen LogP contribution in [0.15, 0.2) is 40.5 Å². The lowest BCUT2D eigenvalue weighted by Crippen LogP contribution is -2.10. The lowest BCUT2D eigenvalue weighted by atomic mass is 10.1. The number of benzene rings is 1. The number of fused-ring (bicyclic) bond motifs is 1. The highest BCUT2D eigenvalue weighted by Gasteiger charge is 2.10. The van der Waals surface area contributed by atoms with E-state index in [4.69, 9.17) is 11.6 Å². The summed E-state index contributed by atoms with van der Waals surface area (Å²) in [6.07, 6.45) is 1.40. The number of thioether (sulfide) groups is 1. The Labute approximate surface area is 128 Å². The fraction of sp³-hybridized carbons (Fsp3) is 0.0769. The van der Waals surface area contributed by atoms with Gasteiger partial charge >= 0.3 is 0 Å². The summed E-state index contributed by atoms with van der Waals surface area (Å²) in [6, 6.07) is 6.65. The fourth-order valence-corrected chi connectivity index (χ4v) is 2.62. The first kappa shape index (κ1) is 13.8. The molecule has 0 aliphatic carbocycles. The van der Waals surface area contributed by atoms with Crippen molar-refractivity contribution in [2.24, 2.45) is 0 Å². The van der Waals surface area contributed by atoms with Crippen molar-refractivity contribution in [1.29, 1.82) is 0 Å². The van der Waals surface area contributed by atoms with Crippen molar-refractivity contribution in [1.82, 2.24) is 19.9 Å². The summed E-state index contributed by atoms with van der Waals surface area (Å²) >= 11 is 6.93. The Balaban J connectivity index is 1.75. The molecular weight excluding hydrogens is 312 g/mol. The standard InChI is InChI=1S/C13H9ClN4O2S/c14-8-3-1-7(2-4-8)9(19)5-21-13-17-11-10(12(20)18-13)15-6-16-11/h1-4,6H,5H2,(H2,15,16,17,18,20). The van der Waals surface area contributed by atoms with E-state index in [1.165, 1.54) is 6.33 Å². The molecule has 3 aromatic rings. The van der Waals surface area contributed by atoms with Crippen molar-refractivity contribution in [3.05, 3.63) is 51.5 Å². The maximum absolute atomic E-state index is 12.0. The van der Waals surface area contributed by atoms with Gasteiger partial charge in [0, 0.05) is 10.6 Å². The first-order chi connectivity index (χ1) is 10.1. The molecule has 0 saturated carbocycles. The van der Waals surface area contributed by atoms with Crippen LogP contribution in [0.25, 0.3) is 11.2 Å². The molecule has 0 saturated heterocycles. The predicted octanol–water partition coefficient (Wildman–Crippen LogP) is 2.27. The highest BCUT2D eigenvalue weighted by atomic mass is 35.5. The Hall–Kier alpha value is -2.12. The first-order valence-corrected chi connectivity index (χ1v) is 7.35. The van der Waals surface area contributed by atoms with E-state index in [-0.39, 0.29) is 17.1 Å². The number of nitrogens with zero attached hydrogens (tertiary/aromatic N) is 2. The molecule has 6 nitrogen and oxygen atoms in total. The van der Waals surface area contributed by atoms with Crippen molar-refractivity contribution in [2.45, 2.75) is 5.16 Å². The van der Waals surface area contributed by atoms with Crippen LogP contribution in [0.1, 0.15) is 10.4 Å². The molecular formula is C13H9ClN4O2S. The summed E-state index contributed by atoms with van der Waals surface area (Å²) in [5, 5.41) is 0.941. The number of Topliss-reactive ketones (excluding diaryl/α,β-unsaturated/α-hetero) is 1. The highest BCUT2D eigenvalue weighted by molar-refractivity contribution is 7.99. The molecule has 1 aromatic carbocycles. The minimum absolute atomic E-state index is 0.0681. The van der Waals surface area contributed by atoms with E-state index >= 15 is 0 Å². The number of aromatic amines is 2. The second kappa shape index (κ2) is 5.71. The minimum Gasteiger partial charge on any atom is -0.339 e. The maximum atomic E-state index is 12.0. The minimum atomic E-state index is -0.307. The molecule has 0 spiro atoms. The van der Waals surface area contributed by atoms with Crippen LogP contribution in [0.5, 0.6) is 0 Å². The number of carbonyl (C=O) groups excluding carboxylic acids is 1. The molecule has 0 bridgehead atoms. The van der Waals surface area contributed by atoms with Gasteiger partial charge in [-0.25, -0.2) is 9.97 Å². The number of ketones is 1. The number of H-pyrrole nitrogens is 2. The summed E-state index contributed by atoms with van der Waals surface area (Å²) in [5.41, 5.74) is 0.914. The molecule has 0 unspecified atom stereocenters. The van der Waals surface area contributed by atoms with Crippen LogP contribution in [0.4, 0.5) is 0 Å². The largest absolute Gasteiger partial charge is 0.339 e. The van der Waals surface area contributed by atoms with Crippen molar-refractivity contribution in [2.75, 3.05) is 5.75 Å². The third kappa shape index (κ3) is 2.98. The van der Waals surface area contributed by atoms with E-state index < -0.39 is 0 Å². The number of hydrogen-bond acceptors (Lipinski definition) is 5. The Morgan fingerprint density at radius 3 is 2.81 bits per heavy atom. The zero-order chi connectivity index (χ0) is 14.8. The van der Waals surface area contributed by atoms with Crippen molar-refractivity contribution in [3.63, 3.8) is 0 Å². The van der Waals surface area contributed by atoms with Gasteiger partial charge in [-0.05, 0) is 24.3 Å². The normalized spacial score (nSPS) is 10.9. The predicted molar refractivity (Wildman–Crippen MR) is 81.0 cm³/mol. The van der Waals surface area contributed by atoms with E-state index in [1.54, 1.807) is 24.3 Å². The van der Waals surface area contributed by atoms with Crippen LogP contribution < -0.4 is 5.56 Å². The number of nitrogens with one attached hydrogen (secondary N) is 2. The molecule has 0 aliphatic rings. The molecule has 0 fully saturated rings. The van der Waals surface area contributed by atoms with Gasteiger partial charge in [-0.3, -0.25) is 14.6 Å². The molecule has 21 heavy (non-hydrogen) atoms. The molecule has 2 heterocycles. The molecule has 8 heteroatoms. The summed E-state index contributed by atoms with van der Waals surface area (Å²) in [6.45, 7) is 0. The average molecular weight is 321 g/mol. The van der Waals surface area contributed by atoms with Crippen LogP contribution in [0.3, 0.4) is 0 Å². The molecule has 3 rings (SSSR count). The van der Waals surface area contributed by atoms with Crippen molar-refractivity contribution < 1.29 is 4.79 Å². The van der Waals surface area contributed by atoms with Crippen molar-refractivity contribution in [3.8, 4) is 0 Å². The van der Waals surface area contributed by atoms with Crippen LogP contribution >= 0.6 is 23.4 Å². The van der Waals surface area contributed by atoms with Gasteiger partial charge in [0.2, 0.25) is 0 Å². The topological polar surface area (TPSA) is 91.5 Å². The number of aromatic nitrogens is 4. The van der Waals surface area contributed by atoms with Gasteiger partial charge in [0.05, 0.1) is 12.1 Å². The Morgan fingerprint density at radius 1 is 1.29 bits per heavy atom. The lowest BCUT2D eigenvalue weighted by Gasteiger charge is -2.01. The second-order valence-corrected chi connectivity index (χ2v) is 5.59. The quantitative estimate of drug-likeness (QED) is 0.437. The second-order valence-electron chi connectivity index (χ2n) is 4.19. The Kier molecular flexibility index (Phi) is 3.76. The van der Waals surface area contributed by atoms with Gasteiger partial charge in [-0.15, -0.1) is 0 Å². The van der Waals surface area contributed by atoms with E-state index in [9.17, 15) is 9.59 Å². The van der Waals surface area contributed by atoms with Crippen LogP contribution in [-0.4, -0.2) is 31.5 Å². The van der Waals surface area contributed by atoms with Gasteiger partial charge in [0.15, 0.2) is 22.1 Å². The summed E-state index contributed by atoms with van der Waals surface area (Å²) < 4.78 is 0. The Bertz CT molecular complexity index is 856. The monoisotopic (exact) mass is 320 g/mol. The van der Waals surface area contributed by atoms with Crippen LogP contribution in [0.2, 0.25) is 5.02 Å². The van der Waals surface area contributed by atoms with Gasteiger partial charge in [0.25, 0.3) is 5.56 Å². The molecule has 2 N–H and O–H groups in total. The third-order valence-electron chi connectivity index (χ3n) is 2.78. The third-order valence-corrected chi connectivity index (χ3v) is 3.91. The van der Waals surface area contributed by atoms with E-state index in [0.717, 1.165) is 11.8 Å².